The summed E-state index contributed by atoms with van der Waals surface area (Å²) >= 11 is 0. The van der Waals surface area contributed by atoms with Gasteiger partial charge in [-0.05, 0) is 66.5 Å². The van der Waals surface area contributed by atoms with Crippen molar-refractivity contribution in [2.75, 3.05) is 7.11 Å². The van der Waals surface area contributed by atoms with Crippen LogP contribution in [-0.2, 0) is 22.7 Å². The number of carbonyl (C=O) groups excluding carboxylic acids is 2. The van der Waals surface area contributed by atoms with E-state index < -0.39 is 11.8 Å². The van der Waals surface area contributed by atoms with E-state index >= 15 is 0 Å². The van der Waals surface area contributed by atoms with Gasteiger partial charge in [0.05, 0.1) is 13.7 Å². The Morgan fingerprint density at radius 2 is 1.44 bits per heavy atom. The molecule has 0 spiro atoms. The van der Waals surface area contributed by atoms with Gasteiger partial charge in [-0.2, -0.15) is 5.26 Å². The van der Waals surface area contributed by atoms with Crippen LogP contribution in [0.15, 0.2) is 89.5 Å². The Morgan fingerprint density at radius 3 is 2.06 bits per heavy atom. The first-order valence-electron chi connectivity index (χ1n) is 11.5. The van der Waals surface area contributed by atoms with Crippen LogP contribution < -0.4 is 9.47 Å². The Labute approximate surface area is 210 Å². The molecule has 1 aliphatic rings. The van der Waals surface area contributed by atoms with Gasteiger partial charge in [0.25, 0.3) is 11.8 Å². The molecular formula is C30H26N2O4. The number of methoxy groups -OCH3 is 1. The highest BCUT2D eigenvalue weighted by molar-refractivity contribution is 6.19. The van der Waals surface area contributed by atoms with Crippen molar-refractivity contribution in [2.45, 2.75) is 27.0 Å². The molecular weight excluding hydrogens is 452 g/mol. The number of hydrogen-bond acceptors (Lipinski definition) is 5. The molecule has 0 aromatic heterocycles. The maximum Gasteiger partial charge on any atom is 0.271 e. The molecule has 0 saturated heterocycles. The highest BCUT2D eigenvalue weighted by atomic mass is 16.5. The maximum atomic E-state index is 13.3. The first-order chi connectivity index (χ1) is 17.4. The number of nitriles is 1. The number of aryl methyl sites for hydroxylation is 1. The molecule has 36 heavy (non-hydrogen) atoms. The molecule has 4 rings (SSSR count). The van der Waals surface area contributed by atoms with Crippen molar-refractivity contribution in [1.82, 2.24) is 4.90 Å². The Hall–Kier alpha value is -4.63. The van der Waals surface area contributed by atoms with E-state index in [1.165, 1.54) is 5.56 Å². The number of hydrogen-bond donors (Lipinski definition) is 0. The minimum atomic E-state index is -0.590. The predicted molar refractivity (Wildman–Crippen MR) is 137 cm³/mol. The summed E-state index contributed by atoms with van der Waals surface area (Å²) in [5.74, 6) is 0.351. The summed E-state index contributed by atoms with van der Waals surface area (Å²) in [6.45, 7) is 4.18. The molecule has 3 aromatic carbocycles. The average Bonchev–Trinajstić information content (AvgIpc) is 2.90. The van der Waals surface area contributed by atoms with Crippen molar-refractivity contribution in [2.24, 2.45) is 0 Å². The lowest BCUT2D eigenvalue weighted by Crippen LogP contribution is -2.42. The van der Waals surface area contributed by atoms with Gasteiger partial charge < -0.3 is 9.47 Å². The first-order valence-corrected chi connectivity index (χ1v) is 11.5. The molecule has 2 amide bonds. The number of nitrogens with zero attached hydrogens (tertiary/aromatic N) is 2. The van der Waals surface area contributed by atoms with Crippen LogP contribution in [0.4, 0.5) is 0 Å². The fourth-order valence-corrected chi connectivity index (χ4v) is 3.86. The lowest BCUT2D eigenvalue weighted by Gasteiger charge is -2.27. The van der Waals surface area contributed by atoms with Crippen molar-refractivity contribution in [3.8, 4) is 17.6 Å². The normalized spacial score (nSPS) is 14.7. The third-order valence-electron chi connectivity index (χ3n) is 6.04. The summed E-state index contributed by atoms with van der Waals surface area (Å²) < 4.78 is 11.0. The summed E-state index contributed by atoms with van der Waals surface area (Å²) in [6, 6.07) is 24.6. The number of benzene rings is 3. The summed E-state index contributed by atoms with van der Waals surface area (Å²) in [7, 11) is 1.57. The van der Waals surface area contributed by atoms with E-state index in [1.54, 1.807) is 44.4 Å². The molecule has 3 aromatic rings. The average molecular weight is 479 g/mol. The predicted octanol–water partition coefficient (Wildman–Crippen LogP) is 5.38. The topological polar surface area (TPSA) is 79.6 Å². The van der Waals surface area contributed by atoms with E-state index in [0.717, 1.165) is 21.6 Å². The molecule has 180 valence electrons. The lowest BCUT2D eigenvalue weighted by atomic mass is 9.93. The van der Waals surface area contributed by atoms with Crippen molar-refractivity contribution in [3.05, 3.63) is 112 Å². The second kappa shape index (κ2) is 10.7. The largest absolute Gasteiger partial charge is 0.497 e. The van der Waals surface area contributed by atoms with E-state index in [4.69, 9.17) is 9.47 Å². The fraction of sp³-hybridized carbons (Fsp3) is 0.167. The summed E-state index contributed by atoms with van der Waals surface area (Å²) in [4.78, 5) is 27.4. The standard InChI is InChI=1S/C30H26N2O4/c1-20-4-6-24(7-5-20)19-36-26-14-8-22(9-15-26)16-27-21(2)28(17-31)30(34)32(29(27)33)18-23-10-12-25(35-3)13-11-23/h4-16H,18-19H2,1-3H3/b27-16+. The number of imide groups is 1. The number of amides is 2. The van der Waals surface area contributed by atoms with Gasteiger partial charge in [-0.15, -0.1) is 0 Å². The van der Waals surface area contributed by atoms with Gasteiger partial charge in [-0.25, -0.2) is 0 Å². The zero-order valence-electron chi connectivity index (χ0n) is 20.4. The van der Waals surface area contributed by atoms with Crippen LogP contribution in [-0.4, -0.2) is 23.8 Å². The van der Waals surface area contributed by atoms with Crippen molar-refractivity contribution in [3.63, 3.8) is 0 Å². The van der Waals surface area contributed by atoms with Gasteiger partial charge in [0.1, 0.15) is 29.7 Å². The van der Waals surface area contributed by atoms with E-state index in [2.05, 4.69) is 0 Å². The second-order valence-electron chi connectivity index (χ2n) is 8.56. The summed E-state index contributed by atoms with van der Waals surface area (Å²) in [5, 5.41) is 9.63. The fourth-order valence-electron chi connectivity index (χ4n) is 3.86. The summed E-state index contributed by atoms with van der Waals surface area (Å²) in [6.07, 6.45) is 1.70. The molecule has 0 atom stereocenters. The van der Waals surface area contributed by atoms with Crippen LogP contribution in [0.3, 0.4) is 0 Å². The minimum absolute atomic E-state index is 0.0348. The quantitative estimate of drug-likeness (QED) is 0.337. The highest BCUT2D eigenvalue weighted by Crippen LogP contribution is 2.29. The summed E-state index contributed by atoms with van der Waals surface area (Å²) in [5.41, 5.74) is 4.44. The van der Waals surface area contributed by atoms with E-state index in [9.17, 15) is 14.9 Å². The highest BCUT2D eigenvalue weighted by Gasteiger charge is 2.35. The molecule has 1 heterocycles. The van der Waals surface area contributed by atoms with Gasteiger partial charge in [-0.1, -0.05) is 54.1 Å². The van der Waals surface area contributed by atoms with Gasteiger partial charge >= 0.3 is 0 Å². The molecule has 1 aliphatic heterocycles. The molecule has 6 nitrogen and oxygen atoms in total. The molecule has 0 aliphatic carbocycles. The molecule has 0 bridgehead atoms. The van der Waals surface area contributed by atoms with Crippen LogP contribution in [0, 0.1) is 18.3 Å². The van der Waals surface area contributed by atoms with Gasteiger partial charge in [-0.3, -0.25) is 14.5 Å². The van der Waals surface area contributed by atoms with E-state index in [-0.39, 0.29) is 12.1 Å². The molecule has 0 radical (unpaired) electrons. The zero-order chi connectivity index (χ0) is 25.7. The second-order valence-corrected chi connectivity index (χ2v) is 8.56. The van der Waals surface area contributed by atoms with Gasteiger partial charge in [0, 0.05) is 5.57 Å². The molecule has 6 heteroatoms. The molecule has 0 unspecified atom stereocenters. The monoisotopic (exact) mass is 478 g/mol. The Bertz CT molecular complexity index is 1380. The van der Waals surface area contributed by atoms with Crippen LogP contribution >= 0.6 is 0 Å². The SMILES string of the molecule is COc1ccc(CN2C(=O)C(C#N)=C(C)/C(=C\c3ccc(OCc4ccc(C)cc4)cc3)C2=O)cc1. The Morgan fingerprint density at radius 1 is 0.833 bits per heavy atom. The van der Waals surface area contributed by atoms with Gasteiger partial charge in [0.2, 0.25) is 0 Å². The maximum absolute atomic E-state index is 13.3. The van der Waals surface area contributed by atoms with Crippen molar-refractivity contribution >= 4 is 17.9 Å². The molecule has 0 saturated carbocycles. The van der Waals surface area contributed by atoms with E-state index in [1.807, 2.05) is 61.5 Å². The van der Waals surface area contributed by atoms with E-state index in [0.29, 0.717) is 29.3 Å². The number of ether oxygens (including phenoxy) is 2. The zero-order valence-corrected chi connectivity index (χ0v) is 20.4. The van der Waals surface area contributed by atoms with Crippen molar-refractivity contribution in [1.29, 1.82) is 5.26 Å². The Balaban J connectivity index is 1.55. The lowest BCUT2D eigenvalue weighted by molar-refractivity contribution is -0.141. The third kappa shape index (κ3) is 5.37. The number of rotatable bonds is 7. The van der Waals surface area contributed by atoms with Crippen LogP contribution in [0.1, 0.15) is 29.2 Å². The molecule has 0 N–H and O–H groups in total. The third-order valence-corrected chi connectivity index (χ3v) is 6.04. The smallest absolute Gasteiger partial charge is 0.271 e. The number of carbonyl (C=O) groups is 2. The van der Waals surface area contributed by atoms with Crippen LogP contribution in [0.2, 0.25) is 0 Å². The Kier molecular flexibility index (Phi) is 7.31. The van der Waals surface area contributed by atoms with Crippen LogP contribution in [0.5, 0.6) is 11.5 Å². The minimum Gasteiger partial charge on any atom is -0.497 e. The van der Waals surface area contributed by atoms with Gasteiger partial charge in [0.15, 0.2) is 0 Å². The molecule has 0 fully saturated rings. The van der Waals surface area contributed by atoms with Crippen LogP contribution in [0.25, 0.3) is 6.08 Å². The first kappa shape index (κ1) is 24.5. The van der Waals surface area contributed by atoms with Crippen molar-refractivity contribution < 1.29 is 19.1 Å².